The zero-order valence-corrected chi connectivity index (χ0v) is 21.3. The number of ether oxygens (including phenoxy) is 1. The van der Waals surface area contributed by atoms with Crippen molar-refractivity contribution >= 4 is 11.7 Å². The highest BCUT2D eigenvalue weighted by Crippen LogP contribution is 2.29. The minimum Gasteiger partial charge on any atom is -0.482 e. The van der Waals surface area contributed by atoms with Gasteiger partial charge in [0.1, 0.15) is 11.9 Å². The van der Waals surface area contributed by atoms with Gasteiger partial charge in [0.05, 0.1) is 6.54 Å². The number of benzene rings is 1. The number of hydrogen-bond acceptors (Lipinski definition) is 7. The van der Waals surface area contributed by atoms with E-state index in [1.165, 1.54) is 28.1 Å². The van der Waals surface area contributed by atoms with E-state index in [1.807, 2.05) is 34.6 Å². The molecule has 0 aliphatic carbocycles. The Morgan fingerprint density at radius 1 is 1.24 bits per heavy atom. The van der Waals surface area contributed by atoms with E-state index in [4.69, 9.17) is 22.0 Å². The van der Waals surface area contributed by atoms with Gasteiger partial charge in [-0.1, -0.05) is 27.7 Å². The second-order valence-corrected chi connectivity index (χ2v) is 8.34. The lowest BCUT2D eigenvalue weighted by molar-refractivity contribution is 0.0800. The third kappa shape index (κ3) is 8.55. The zero-order valence-electron chi connectivity index (χ0n) is 21.3. The highest BCUT2D eigenvalue weighted by atomic mass is 19.1. The van der Waals surface area contributed by atoms with Gasteiger partial charge in [0.25, 0.3) is 5.91 Å². The molecule has 1 aromatic heterocycles. The summed E-state index contributed by atoms with van der Waals surface area (Å²) in [5.74, 6) is 6.07. The van der Waals surface area contributed by atoms with Crippen LogP contribution in [0.2, 0.25) is 0 Å². The summed E-state index contributed by atoms with van der Waals surface area (Å²) in [6.45, 7) is 12.5. The highest BCUT2D eigenvalue weighted by Gasteiger charge is 2.22. The van der Waals surface area contributed by atoms with E-state index in [9.17, 15) is 9.18 Å². The van der Waals surface area contributed by atoms with Crippen molar-refractivity contribution in [1.82, 2.24) is 14.9 Å². The molecule has 2 aromatic rings. The number of likely N-dealkylation sites (N-methyl/N-ethyl adjacent to an activating group) is 1. The Morgan fingerprint density at radius 2 is 1.88 bits per heavy atom. The fourth-order valence-corrected chi connectivity index (χ4v) is 3.25. The summed E-state index contributed by atoms with van der Waals surface area (Å²) in [4.78, 5) is 18.7. The molecule has 1 atom stereocenters. The normalized spacial score (nSPS) is 12.0. The van der Waals surface area contributed by atoms with Crippen molar-refractivity contribution in [2.45, 2.75) is 47.6 Å². The monoisotopic (exact) mass is 474 g/mol. The average molecular weight is 475 g/mol. The van der Waals surface area contributed by atoms with Crippen LogP contribution in [0.25, 0.3) is 0 Å². The number of aryl methyl sites for hydroxylation is 1. The fraction of sp³-hybridized carbons (Fsp3) is 0.440. The summed E-state index contributed by atoms with van der Waals surface area (Å²) in [7, 11) is 1.62. The lowest BCUT2D eigenvalue weighted by Gasteiger charge is -2.23. The first-order valence-corrected chi connectivity index (χ1v) is 11.4. The first-order valence-electron chi connectivity index (χ1n) is 11.4. The summed E-state index contributed by atoms with van der Waals surface area (Å²) < 4.78 is 20.0. The quantitative estimate of drug-likeness (QED) is 0.371. The molecule has 8 nitrogen and oxygen atoms in total. The highest BCUT2D eigenvalue weighted by molar-refractivity contribution is 5.95. The van der Waals surface area contributed by atoms with Gasteiger partial charge < -0.3 is 26.1 Å². The molecule has 0 spiro atoms. The predicted octanol–water partition coefficient (Wildman–Crippen LogP) is 3.98. The van der Waals surface area contributed by atoms with E-state index in [1.54, 1.807) is 32.4 Å². The van der Waals surface area contributed by atoms with Crippen molar-refractivity contribution in [1.29, 1.82) is 0 Å². The lowest BCUT2D eigenvalue weighted by Crippen LogP contribution is -2.35. The van der Waals surface area contributed by atoms with Crippen molar-refractivity contribution in [3.63, 3.8) is 0 Å². The smallest absolute Gasteiger partial charge is 0.254 e. The molecule has 1 unspecified atom stereocenters. The average Bonchev–Trinajstić information content (AvgIpc) is 2.76. The van der Waals surface area contributed by atoms with Gasteiger partial charge in [-0.05, 0) is 49.6 Å². The van der Waals surface area contributed by atoms with Gasteiger partial charge >= 0.3 is 0 Å². The van der Waals surface area contributed by atoms with Crippen molar-refractivity contribution in [3.8, 4) is 5.75 Å². The van der Waals surface area contributed by atoms with Gasteiger partial charge in [0.2, 0.25) is 0 Å². The first-order chi connectivity index (χ1) is 16.0. The number of nitrogens with two attached hydrogens (primary N) is 3. The molecule has 1 aromatic carbocycles. The van der Waals surface area contributed by atoms with Gasteiger partial charge in [-0.3, -0.25) is 4.79 Å². The van der Waals surface area contributed by atoms with Crippen molar-refractivity contribution in [2.75, 3.05) is 25.9 Å². The fourth-order valence-electron chi connectivity index (χ4n) is 3.25. The molecule has 0 bridgehead atoms. The van der Waals surface area contributed by atoms with Crippen LogP contribution in [0.3, 0.4) is 0 Å². The molecular weight excluding hydrogens is 435 g/mol. The van der Waals surface area contributed by atoms with Gasteiger partial charge in [-0.25, -0.2) is 15.2 Å². The van der Waals surface area contributed by atoms with Crippen LogP contribution in [-0.4, -0.2) is 40.9 Å². The molecule has 0 aliphatic rings. The summed E-state index contributed by atoms with van der Waals surface area (Å²) in [6.07, 6.45) is 2.58. The molecule has 0 saturated heterocycles. The summed E-state index contributed by atoms with van der Waals surface area (Å²) >= 11 is 0. The summed E-state index contributed by atoms with van der Waals surface area (Å²) in [5.41, 5.74) is 14.0. The first kappa shape index (κ1) is 28.7. The summed E-state index contributed by atoms with van der Waals surface area (Å²) in [6, 6.07) is 5.71. The molecule has 9 heteroatoms. The van der Waals surface area contributed by atoms with Crippen LogP contribution < -0.4 is 22.0 Å². The van der Waals surface area contributed by atoms with Crippen molar-refractivity contribution < 1.29 is 13.9 Å². The van der Waals surface area contributed by atoms with Crippen LogP contribution >= 0.6 is 0 Å². The number of nitrogen functional groups attached to an aromatic ring is 1. The van der Waals surface area contributed by atoms with Crippen LogP contribution in [0.1, 0.15) is 62.2 Å². The number of carbonyl (C=O) groups excluding carboxylic acids is 1. The molecule has 34 heavy (non-hydrogen) atoms. The van der Waals surface area contributed by atoms with Crippen molar-refractivity contribution in [3.05, 3.63) is 64.9 Å². The molecule has 0 aliphatic heterocycles. The van der Waals surface area contributed by atoms with Crippen molar-refractivity contribution in [2.24, 2.45) is 17.5 Å². The molecular formula is C25H39FN6O2. The number of nitrogens with zero attached hydrogens (tertiary/aromatic N) is 3. The molecule has 0 radical (unpaired) electrons. The van der Waals surface area contributed by atoms with E-state index in [0.717, 1.165) is 5.56 Å². The molecule has 1 heterocycles. The number of halogens is 1. The Bertz CT molecular complexity index is 980. The van der Waals surface area contributed by atoms with E-state index in [0.29, 0.717) is 35.0 Å². The number of pyridine rings is 1. The number of amides is 1. The number of carbonyl (C=O) groups is 1. The standard InChI is InChI=1S/C23H33FN6O2.C2H6/c1-14(2)11-30(27)13-18(25)12-29(5)23(31)19-7-6-17(24)9-20(19)16(4)32-21-8-15(3)10-28-22(21)26;1-2/h6-10,13-14,16H,11-12,25,27H2,1-5H3,(H2,26,28);1-2H3/b18-13-;. The molecule has 0 fully saturated rings. The number of rotatable bonds is 9. The van der Waals surface area contributed by atoms with Crippen LogP contribution in [0, 0.1) is 18.7 Å². The number of aromatic nitrogens is 1. The van der Waals surface area contributed by atoms with Gasteiger partial charge in [-0.15, -0.1) is 0 Å². The minimum absolute atomic E-state index is 0.158. The van der Waals surface area contributed by atoms with E-state index >= 15 is 0 Å². The third-order valence-electron chi connectivity index (χ3n) is 4.68. The third-order valence-corrected chi connectivity index (χ3v) is 4.68. The van der Waals surface area contributed by atoms with Gasteiger partial charge in [0.15, 0.2) is 11.6 Å². The Balaban J connectivity index is 0.00000281. The number of hydrazine groups is 1. The second-order valence-electron chi connectivity index (χ2n) is 8.34. The molecule has 188 valence electrons. The van der Waals surface area contributed by atoms with Crippen LogP contribution in [0.15, 0.2) is 42.4 Å². The molecule has 2 rings (SSSR count). The van der Waals surface area contributed by atoms with Gasteiger partial charge in [-0.2, -0.15) is 0 Å². The Hall–Kier alpha value is -3.33. The Kier molecular flexibility index (Phi) is 11.3. The summed E-state index contributed by atoms with van der Waals surface area (Å²) in [5, 5.41) is 1.50. The molecule has 0 saturated carbocycles. The number of anilines is 1. The largest absolute Gasteiger partial charge is 0.482 e. The number of hydrogen-bond donors (Lipinski definition) is 3. The van der Waals surface area contributed by atoms with Crippen LogP contribution in [-0.2, 0) is 0 Å². The predicted molar refractivity (Wildman–Crippen MR) is 135 cm³/mol. The minimum atomic E-state index is -0.651. The Morgan fingerprint density at radius 3 is 2.50 bits per heavy atom. The second kappa shape index (κ2) is 13.4. The lowest BCUT2D eigenvalue weighted by atomic mass is 10.0. The maximum Gasteiger partial charge on any atom is 0.254 e. The van der Waals surface area contributed by atoms with Crippen LogP contribution in [0.4, 0.5) is 10.2 Å². The van der Waals surface area contributed by atoms with E-state index < -0.39 is 11.9 Å². The zero-order chi connectivity index (χ0) is 26.0. The van der Waals surface area contributed by atoms with Crippen LogP contribution in [0.5, 0.6) is 5.75 Å². The van der Waals surface area contributed by atoms with E-state index in [2.05, 4.69) is 4.98 Å². The van der Waals surface area contributed by atoms with Gasteiger partial charge in [0, 0.05) is 42.8 Å². The topological polar surface area (TPSA) is 124 Å². The van der Waals surface area contributed by atoms with E-state index in [-0.39, 0.29) is 18.3 Å². The maximum atomic E-state index is 14.0. The SMILES string of the molecule is CC.Cc1cnc(N)c(OC(C)c2cc(F)ccc2C(=O)N(C)C/C(N)=C/N(N)CC(C)C)c1. The molecule has 6 N–H and O–H groups in total. The maximum absolute atomic E-state index is 14.0. The molecule has 1 amide bonds. The Labute approximate surface area is 202 Å².